The summed E-state index contributed by atoms with van der Waals surface area (Å²) in [5.74, 6) is 0. The molecule has 0 fully saturated rings. The van der Waals surface area contributed by atoms with Gasteiger partial charge in [-0.2, -0.15) is 0 Å². The van der Waals surface area contributed by atoms with Crippen LogP contribution in [0.3, 0.4) is 0 Å². The van der Waals surface area contributed by atoms with Crippen LogP contribution in [0.1, 0.15) is 27.2 Å². The highest BCUT2D eigenvalue weighted by molar-refractivity contribution is 6.94. The maximum atomic E-state index is 13.1. The minimum absolute atomic E-state index is 0.646. The van der Waals surface area contributed by atoms with Crippen molar-refractivity contribution in [2.24, 2.45) is 0 Å². The highest BCUT2D eigenvalue weighted by atomic mass is 28.5. The van der Waals surface area contributed by atoms with E-state index in [0.717, 1.165) is 24.6 Å². The predicted molar refractivity (Wildman–Crippen MR) is 204 cm³/mol. The summed E-state index contributed by atoms with van der Waals surface area (Å²) < 4.78 is 66.9. The van der Waals surface area contributed by atoms with E-state index in [4.69, 9.17) is 24.7 Å². The molecule has 0 saturated heterocycles. The van der Waals surface area contributed by atoms with Crippen LogP contribution in [-0.4, -0.2) is 85.6 Å². The zero-order chi connectivity index (χ0) is 34.1. The van der Waals surface area contributed by atoms with Crippen LogP contribution in [0.2, 0.25) is 133 Å². The third kappa shape index (κ3) is 20.5. The fourth-order valence-electron chi connectivity index (χ4n) is 5.86. The van der Waals surface area contributed by atoms with Crippen LogP contribution in [0.25, 0.3) is 0 Å². The molecule has 0 bridgehead atoms. The van der Waals surface area contributed by atoms with Crippen LogP contribution < -0.4 is 0 Å². The molecule has 0 amide bonds. The summed E-state index contributed by atoms with van der Waals surface area (Å²) in [6.07, 6.45) is 1.01. The monoisotopic (exact) mass is 776 g/mol. The Bertz CT molecular complexity index is 898. The molecule has 4 atom stereocenters. The van der Waals surface area contributed by atoms with Crippen molar-refractivity contribution in [3.8, 4) is 0 Å². The Morgan fingerprint density at radius 3 is 1.30 bits per heavy atom. The predicted octanol–water partition coefficient (Wildman–Crippen LogP) is 8.60. The van der Waals surface area contributed by atoms with Crippen LogP contribution in [0.5, 0.6) is 0 Å². The van der Waals surface area contributed by atoms with Crippen molar-refractivity contribution in [1.29, 1.82) is 0 Å². The third-order valence-electron chi connectivity index (χ3n) is 6.76. The van der Waals surface area contributed by atoms with Gasteiger partial charge in [0.1, 0.15) is 0 Å². The standard InChI is InChI=1S/C25H68O8Si10/c1-18-21-43(17,30-38(8,9)10)33-40(13,14)32-42(16,25-36(27)20-3)23-22-41(15,24-35(26)19-2)31-39(11,12)29-34(4)28-37(5,6)7/h34H,18-25H2,1-17H3. The molecule has 0 aliphatic carbocycles. The first kappa shape index (κ1) is 44.5. The molecule has 0 rings (SSSR count). The Hall–Kier alpha value is 1.53. The second kappa shape index (κ2) is 17.8. The van der Waals surface area contributed by atoms with Gasteiger partial charge in [-0.15, -0.1) is 0 Å². The van der Waals surface area contributed by atoms with E-state index in [1.165, 1.54) is 0 Å². The molecule has 0 N–H and O–H groups in total. The fraction of sp³-hybridized carbons (Fsp3) is 1.00. The zero-order valence-corrected chi connectivity index (χ0v) is 41.2. The zero-order valence-electron chi connectivity index (χ0n) is 31.0. The molecule has 18 heteroatoms. The minimum atomic E-state index is -2.62. The van der Waals surface area contributed by atoms with Crippen LogP contribution >= 0.6 is 0 Å². The molecule has 8 nitrogen and oxygen atoms in total. The van der Waals surface area contributed by atoms with Crippen LogP contribution in [0.15, 0.2) is 0 Å². The van der Waals surface area contributed by atoms with Gasteiger partial charge in [-0.05, 0) is 122 Å². The first-order valence-corrected chi connectivity index (χ1v) is 42.7. The van der Waals surface area contributed by atoms with Gasteiger partial charge in [0.05, 0.1) is 0 Å². The van der Waals surface area contributed by atoms with Crippen molar-refractivity contribution in [3.05, 3.63) is 0 Å². The van der Waals surface area contributed by atoms with Gasteiger partial charge in [0.15, 0.2) is 33.3 Å². The van der Waals surface area contributed by atoms with Crippen LogP contribution in [0.4, 0.5) is 0 Å². The van der Waals surface area contributed by atoms with Gasteiger partial charge in [0.2, 0.25) is 0 Å². The molecule has 4 unspecified atom stereocenters. The third-order valence-corrected chi connectivity index (χ3v) is 45.5. The Morgan fingerprint density at radius 2 is 0.953 bits per heavy atom. The van der Waals surface area contributed by atoms with Gasteiger partial charge >= 0.3 is 25.7 Å². The van der Waals surface area contributed by atoms with E-state index in [1.807, 2.05) is 13.8 Å². The largest absolute Gasteiger partial charge is 0.439 e. The lowest BCUT2D eigenvalue weighted by atomic mass is 10.6. The van der Waals surface area contributed by atoms with Crippen molar-refractivity contribution in [2.75, 3.05) is 0 Å². The topological polar surface area (TPSA) is 89.5 Å². The van der Waals surface area contributed by atoms with E-state index in [-0.39, 0.29) is 0 Å². The highest BCUT2D eigenvalue weighted by Gasteiger charge is 2.48. The van der Waals surface area contributed by atoms with Crippen molar-refractivity contribution in [1.82, 2.24) is 0 Å². The van der Waals surface area contributed by atoms with Crippen molar-refractivity contribution < 1.29 is 33.6 Å². The summed E-state index contributed by atoms with van der Waals surface area (Å²) >= 11 is 0. The summed E-state index contributed by atoms with van der Waals surface area (Å²) in [5, 5.41) is 0. The second-order valence-corrected chi connectivity index (χ2v) is 52.0. The average molecular weight is 778 g/mol. The van der Waals surface area contributed by atoms with Crippen molar-refractivity contribution >= 4 is 85.6 Å². The molecule has 43 heavy (non-hydrogen) atoms. The quantitative estimate of drug-likeness (QED) is 0.0954. The summed E-state index contributed by atoms with van der Waals surface area (Å²) in [6.45, 7) is 36.7. The lowest BCUT2D eigenvalue weighted by Gasteiger charge is -2.43. The normalized spacial score (nSPS) is 18.4. The Labute approximate surface area is 278 Å². The van der Waals surface area contributed by atoms with E-state index >= 15 is 0 Å². The van der Waals surface area contributed by atoms with E-state index < -0.39 is 85.6 Å². The van der Waals surface area contributed by atoms with Gasteiger partial charge in [-0.3, -0.25) is 0 Å². The lowest BCUT2D eigenvalue weighted by Crippen LogP contribution is -2.58. The Kier molecular flexibility index (Phi) is 18.4. The Morgan fingerprint density at radius 1 is 0.535 bits per heavy atom. The highest BCUT2D eigenvalue weighted by Crippen LogP contribution is 2.34. The van der Waals surface area contributed by atoms with Gasteiger partial charge in [-0.1, -0.05) is 27.2 Å². The SMILES string of the molecule is CCC[Si](C)(O[Si](C)(C)C)O[Si](C)(C)O[Si](C)(CC[Si](C)(C[Si](=O)CC)O[Si](C)(C)O[SiH](C)O[Si](C)(C)C)C[Si](=O)CC. The van der Waals surface area contributed by atoms with Gasteiger partial charge in [0, 0.05) is 11.3 Å². The van der Waals surface area contributed by atoms with Crippen molar-refractivity contribution in [3.63, 3.8) is 0 Å². The van der Waals surface area contributed by atoms with E-state index in [9.17, 15) is 8.92 Å². The summed E-state index contributed by atoms with van der Waals surface area (Å²) in [7, 11) is -21.4. The molecule has 0 heterocycles. The first-order valence-electron chi connectivity index (χ1n) is 16.3. The summed E-state index contributed by atoms with van der Waals surface area (Å²) in [4.78, 5) is 0. The van der Waals surface area contributed by atoms with E-state index in [0.29, 0.717) is 23.4 Å². The molecule has 0 aromatic heterocycles. The molecular weight excluding hydrogens is 709 g/mol. The molecule has 256 valence electrons. The van der Waals surface area contributed by atoms with Crippen LogP contribution in [-0.2, 0) is 33.6 Å². The Balaban J connectivity index is 6.20. The molecule has 0 aromatic carbocycles. The first-order chi connectivity index (χ1) is 19.1. The maximum absolute atomic E-state index is 13.1. The molecular formula is C25H68O8Si10. The number of hydrogen-bond acceptors (Lipinski definition) is 8. The van der Waals surface area contributed by atoms with E-state index in [2.05, 4.69) is 98.6 Å². The number of rotatable bonds is 23. The summed E-state index contributed by atoms with van der Waals surface area (Å²) in [6, 6.07) is 3.96. The molecule has 0 aliphatic rings. The molecule has 0 saturated carbocycles. The average Bonchev–Trinajstić information content (AvgIpc) is 2.72. The fourth-order valence-corrected chi connectivity index (χ4v) is 52.9. The molecule has 0 spiro atoms. The molecule has 0 radical (unpaired) electrons. The smallest absolute Gasteiger partial charge is 0.315 e. The van der Waals surface area contributed by atoms with Gasteiger partial charge < -0.3 is 33.6 Å². The minimum Gasteiger partial charge on any atom is -0.439 e. The van der Waals surface area contributed by atoms with Gasteiger partial charge in [0.25, 0.3) is 26.7 Å². The maximum Gasteiger partial charge on any atom is 0.315 e. The van der Waals surface area contributed by atoms with Crippen LogP contribution in [0, 0.1) is 0 Å². The second-order valence-electron chi connectivity index (χ2n) is 15.7. The van der Waals surface area contributed by atoms with Gasteiger partial charge in [-0.25, -0.2) is 0 Å². The van der Waals surface area contributed by atoms with E-state index in [1.54, 1.807) is 0 Å². The molecule has 0 aromatic rings. The van der Waals surface area contributed by atoms with Crippen molar-refractivity contribution in [2.45, 2.75) is 160 Å². The summed E-state index contributed by atoms with van der Waals surface area (Å²) in [5.41, 5.74) is 1.29. The molecule has 0 aliphatic heterocycles. The number of hydrogen-bond donors (Lipinski definition) is 0. The lowest BCUT2D eigenvalue weighted by molar-refractivity contribution is 0.320.